The smallest absolute Gasteiger partial charge is 0.157 e. The summed E-state index contributed by atoms with van der Waals surface area (Å²) in [5.41, 5.74) is 1.24. The van der Waals surface area contributed by atoms with Gasteiger partial charge in [-0.25, -0.2) is 0 Å². The van der Waals surface area contributed by atoms with E-state index in [0.29, 0.717) is 12.1 Å². The zero-order valence-electron chi connectivity index (χ0n) is 11.3. The largest absolute Gasteiger partial charge is 0.359 e. The quantitative estimate of drug-likeness (QED) is 0.902. The van der Waals surface area contributed by atoms with Gasteiger partial charge in [-0.1, -0.05) is 18.7 Å². The summed E-state index contributed by atoms with van der Waals surface area (Å²) < 4.78 is 0. The van der Waals surface area contributed by atoms with E-state index in [9.17, 15) is 0 Å². The Bertz CT molecular complexity index is 452. The minimum absolute atomic E-state index is 0.318. The first-order chi connectivity index (χ1) is 9.26. The maximum absolute atomic E-state index is 4.63. The van der Waals surface area contributed by atoms with Gasteiger partial charge in [0, 0.05) is 17.5 Å². The highest BCUT2D eigenvalue weighted by molar-refractivity contribution is 8.14. The molecule has 4 nitrogen and oxygen atoms in total. The van der Waals surface area contributed by atoms with Crippen LogP contribution in [0.2, 0.25) is 0 Å². The Kier molecular flexibility index (Phi) is 3.73. The summed E-state index contributed by atoms with van der Waals surface area (Å²) in [6.07, 6.45) is 6.93. The second-order valence-electron chi connectivity index (χ2n) is 5.71. The summed E-state index contributed by atoms with van der Waals surface area (Å²) in [5, 5.41) is 12.7. The fourth-order valence-corrected chi connectivity index (χ4v) is 3.96. The molecule has 1 aliphatic heterocycles. The summed E-state index contributed by atoms with van der Waals surface area (Å²) in [6, 6.07) is 3.87. The van der Waals surface area contributed by atoms with Crippen LogP contribution in [0.15, 0.2) is 23.3 Å². The highest BCUT2D eigenvalue weighted by atomic mass is 32.2. The predicted molar refractivity (Wildman–Crippen MR) is 79.1 cm³/mol. The molecule has 2 heterocycles. The fourth-order valence-electron chi connectivity index (χ4n) is 2.75. The van der Waals surface area contributed by atoms with Gasteiger partial charge in [0.2, 0.25) is 0 Å². The third-order valence-electron chi connectivity index (χ3n) is 4.10. The van der Waals surface area contributed by atoms with Crippen LogP contribution in [-0.4, -0.2) is 26.7 Å². The monoisotopic (exact) mass is 276 g/mol. The third kappa shape index (κ3) is 3.08. The summed E-state index contributed by atoms with van der Waals surface area (Å²) >= 11 is 1.86. The molecule has 1 saturated carbocycles. The van der Waals surface area contributed by atoms with Crippen molar-refractivity contribution in [2.24, 2.45) is 10.9 Å². The van der Waals surface area contributed by atoms with Gasteiger partial charge in [0.05, 0.1) is 12.2 Å². The van der Waals surface area contributed by atoms with Crippen molar-refractivity contribution in [3.8, 4) is 0 Å². The number of rotatable bonds is 2. The molecule has 0 bridgehead atoms. The molecule has 19 heavy (non-hydrogen) atoms. The SMILES string of the molecule is CC1CCC2(CC1)CSC(=NCc1cccnn1)N2. The molecule has 1 aliphatic carbocycles. The Morgan fingerprint density at radius 3 is 3.05 bits per heavy atom. The summed E-state index contributed by atoms with van der Waals surface area (Å²) in [4.78, 5) is 4.63. The summed E-state index contributed by atoms with van der Waals surface area (Å²) in [5.74, 6) is 2.05. The van der Waals surface area contributed by atoms with Gasteiger partial charge in [0.1, 0.15) is 0 Å². The van der Waals surface area contributed by atoms with E-state index in [1.165, 1.54) is 31.4 Å². The van der Waals surface area contributed by atoms with Crippen LogP contribution >= 0.6 is 11.8 Å². The molecule has 3 rings (SSSR count). The molecule has 102 valence electrons. The van der Waals surface area contributed by atoms with E-state index in [2.05, 4.69) is 27.4 Å². The molecule has 1 saturated heterocycles. The van der Waals surface area contributed by atoms with Crippen molar-refractivity contribution in [3.63, 3.8) is 0 Å². The maximum Gasteiger partial charge on any atom is 0.157 e. The molecule has 1 spiro atoms. The van der Waals surface area contributed by atoms with Gasteiger partial charge >= 0.3 is 0 Å². The first kappa shape index (κ1) is 12.9. The van der Waals surface area contributed by atoms with Crippen molar-refractivity contribution in [1.82, 2.24) is 15.5 Å². The normalized spacial score (nSPS) is 32.7. The van der Waals surface area contributed by atoms with Crippen LogP contribution in [-0.2, 0) is 6.54 Å². The van der Waals surface area contributed by atoms with E-state index >= 15 is 0 Å². The average molecular weight is 276 g/mol. The highest BCUT2D eigenvalue weighted by Gasteiger charge is 2.39. The molecule has 0 unspecified atom stereocenters. The van der Waals surface area contributed by atoms with E-state index in [1.807, 2.05) is 23.9 Å². The van der Waals surface area contributed by atoms with Gasteiger partial charge < -0.3 is 5.32 Å². The van der Waals surface area contributed by atoms with E-state index in [0.717, 1.165) is 16.8 Å². The minimum Gasteiger partial charge on any atom is -0.359 e. The minimum atomic E-state index is 0.318. The number of hydrogen-bond donors (Lipinski definition) is 1. The second-order valence-corrected chi connectivity index (χ2v) is 6.68. The zero-order valence-corrected chi connectivity index (χ0v) is 12.1. The van der Waals surface area contributed by atoms with Crippen molar-refractivity contribution < 1.29 is 0 Å². The average Bonchev–Trinajstić information content (AvgIpc) is 2.85. The molecule has 0 atom stereocenters. The van der Waals surface area contributed by atoms with Gasteiger partial charge in [0.25, 0.3) is 0 Å². The molecule has 0 radical (unpaired) electrons. The lowest BCUT2D eigenvalue weighted by atomic mass is 9.78. The Morgan fingerprint density at radius 1 is 1.47 bits per heavy atom. The van der Waals surface area contributed by atoms with Crippen molar-refractivity contribution in [3.05, 3.63) is 24.0 Å². The van der Waals surface area contributed by atoms with E-state index < -0.39 is 0 Å². The van der Waals surface area contributed by atoms with Gasteiger partial charge in [-0.05, 0) is 43.7 Å². The number of nitrogens with zero attached hydrogens (tertiary/aromatic N) is 3. The zero-order chi connectivity index (χ0) is 13.1. The Hall–Kier alpha value is -1.10. The number of hydrogen-bond acceptors (Lipinski definition) is 4. The Balaban J connectivity index is 1.59. The Morgan fingerprint density at radius 2 is 2.32 bits per heavy atom. The number of aliphatic imine (C=N–C) groups is 1. The molecule has 5 heteroatoms. The lowest BCUT2D eigenvalue weighted by Gasteiger charge is -2.35. The second kappa shape index (κ2) is 5.49. The molecule has 1 aromatic rings. The lowest BCUT2D eigenvalue weighted by molar-refractivity contribution is 0.251. The van der Waals surface area contributed by atoms with Crippen LogP contribution in [0.1, 0.15) is 38.3 Å². The predicted octanol–water partition coefficient (Wildman–Crippen LogP) is 2.62. The molecule has 0 amide bonds. The molecule has 0 aromatic carbocycles. The van der Waals surface area contributed by atoms with Crippen LogP contribution in [0, 0.1) is 5.92 Å². The van der Waals surface area contributed by atoms with Crippen LogP contribution < -0.4 is 5.32 Å². The van der Waals surface area contributed by atoms with Crippen molar-refractivity contribution in [2.45, 2.75) is 44.7 Å². The molecule has 1 aromatic heterocycles. The maximum atomic E-state index is 4.63. The highest BCUT2D eigenvalue weighted by Crippen LogP contribution is 2.38. The Labute approximate surface area is 118 Å². The number of aromatic nitrogens is 2. The molecular weight excluding hydrogens is 256 g/mol. The van der Waals surface area contributed by atoms with E-state index in [-0.39, 0.29) is 0 Å². The van der Waals surface area contributed by atoms with E-state index in [4.69, 9.17) is 0 Å². The third-order valence-corrected chi connectivity index (χ3v) is 5.30. The first-order valence-corrected chi connectivity index (χ1v) is 7.96. The van der Waals surface area contributed by atoms with Crippen molar-refractivity contribution >= 4 is 16.9 Å². The topological polar surface area (TPSA) is 50.2 Å². The van der Waals surface area contributed by atoms with Crippen molar-refractivity contribution in [1.29, 1.82) is 0 Å². The van der Waals surface area contributed by atoms with Crippen LogP contribution in [0.4, 0.5) is 0 Å². The van der Waals surface area contributed by atoms with Gasteiger partial charge in [-0.15, -0.1) is 0 Å². The number of thioether (sulfide) groups is 1. The van der Waals surface area contributed by atoms with Gasteiger partial charge in [-0.2, -0.15) is 10.2 Å². The number of amidine groups is 1. The fraction of sp³-hybridized carbons (Fsp3) is 0.643. The van der Waals surface area contributed by atoms with E-state index in [1.54, 1.807) is 6.20 Å². The first-order valence-electron chi connectivity index (χ1n) is 6.98. The lowest BCUT2D eigenvalue weighted by Crippen LogP contribution is -2.46. The van der Waals surface area contributed by atoms with Gasteiger partial charge in [0.15, 0.2) is 5.17 Å². The molecular formula is C14H20N4S. The standard InChI is InChI=1S/C14H20N4S/c1-11-4-6-14(7-5-11)10-19-13(17-14)15-9-12-3-2-8-16-18-12/h2-3,8,11H,4-7,9-10H2,1H3,(H,15,17). The molecule has 2 fully saturated rings. The molecule has 2 aliphatic rings. The van der Waals surface area contributed by atoms with Crippen LogP contribution in [0.25, 0.3) is 0 Å². The number of nitrogens with one attached hydrogen (secondary N) is 1. The van der Waals surface area contributed by atoms with Crippen LogP contribution in [0.3, 0.4) is 0 Å². The van der Waals surface area contributed by atoms with Crippen LogP contribution in [0.5, 0.6) is 0 Å². The molecule has 1 N–H and O–H groups in total. The summed E-state index contributed by atoms with van der Waals surface area (Å²) in [6.45, 7) is 2.98. The summed E-state index contributed by atoms with van der Waals surface area (Å²) in [7, 11) is 0. The van der Waals surface area contributed by atoms with Gasteiger partial charge in [-0.3, -0.25) is 4.99 Å². The van der Waals surface area contributed by atoms with Crippen molar-refractivity contribution in [2.75, 3.05) is 5.75 Å².